The van der Waals surface area contributed by atoms with Crippen LogP contribution >= 0.6 is 0 Å². The van der Waals surface area contributed by atoms with E-state index in [1.54, 1.807) is 0 Å². The van der Waals surface area contributed by atoms with Crippen LogP contribution in [0.2, 0.25) is 0 Å². The molecule has 2 saturated heterocycles. The second kappa shape index (κ2) is 6.16. The van der Waals surface area contributed by atoms with Crippen molar-refractivity contribution in [2.75, 3.05) is 18.1 Å². The summed E-state index contributed by atoms with van der Waals surface area (Å²) >= 11 is 0. The number of hydrogen-bond donors (Lipinski definition) is 1. The van der Waals surface area contributed by atoms with E-state index in [-0.39, 0.29) is 24.1 Å². The van der Waals surface area contributed by atoms with Gasteiger partial charge in [-0.2, -0.15) is 0 Å². The minimum absolute atomic E-state index is 0.0782. The molecule has 0 saturated carbocycles. The SMILES string of the molecule is Cc1ccc(N2CC[C@H](N[C@H](C)[C@H]3CCCO3)C2=O)cc1. The number of benzene rings is 1. The van der Waals surface area contributed by atoms with Gasteiger partial charge in [-0.15, -0.1) is 0 Å². The highest BCUT2D eigenvalue weighted by Crippen LogP contribution is 2.23. The van der Waals surface area contributed by atoms with Crippen LogP contribution in [0.3, 0.4) is 0 Å². The molecule has 0 aliphatic carbocycles. The summed E-state index contributed by atoms with van der Waals surface area (Å²) in [4.78, 5) is 14.5. The van der Waals surface area contributed by atoms with Gasteiger partial charge in [0.2, 0.25) is 5.91 Å². The summed E-state index contributed by atoms with van der Waals surface area (Å²) in [5.41, 5.74) is 2.21. The highest BCUT2D eigenvalue weighted by molar-refractivity contribution is 5.99. The largest absolute Gasteiger partial charge is 0.377 e. The number of carbonyl (C=O) groups excluding carboxylic acids is 1. The molecular weight excluding hydrogens is 264 g/mol. The summed E-state index contributed by atoms with van der Waals surface area (Å²) in [5.74, 6) is 0.184. The molecule has 21 heavy (non-hydrogen) atoms. The van der Waals surface area contributed by atoms with Gasteiger partial charge in [-0.05, 0) is 45.2 Å². The van der Waals surface area contributed by atoms with Crippen molar-refractivity contribution in [1.29, 1.82) is 0 Å². The molecule has 2 aliphatic heterocycles. The van der Waals surface area contributed by atoms with E-state index in [4.69, 9.17) is 4.74 Å². The summed E-state index contributed by atoms with van der Waals surface area (Å²) in [5, 5.41) is 3.47. The fourth-order valence-corrected chi connectivity index (χ4v) is 3.24. The molecule has 0 radical (unpaired) electrons. The van der Waals surface area contributed by atoms with Crippen LogP contribution in [0.1, 0.15) is 31.7 Å². The molecule has 0 spiro atoms. The fraction of sp³-hybridized carbons (Fsp3) is 0.588. The Hall–Kier alpha value is -1.39. The molecular formula is C17H24N2O2. The second-order valence-corrected chi connectivity index (χ2v) is 6.17. The third-order valence-corrected chi connectivity index (χ3v) is 4.54. The monoisotopic (exact) mass is 288 g/mol. The quantitative estimate of drug-likeness (QED) is 0.924. The van der Waals surface area contributed by atoms with E-state index < -0.39 is 0 Å². The van der Waals surface area contributed by atoms with E-state index in [9.17, 15) is 4.79 Å². The van der Waals surface area contributed by atoms with Crippen molar-refractivity contribution in [2.45, 2.75) is 51.3 Å². The van der Waals surface area contributed by atoms with Gasteiger partial charge < -0.3 is 15.0 Å². The van der Waals surface area contributed by atoms with E-state index in [0.29, 0.717) is 0 Å². The van der Waals surface area contributed by atoms with Gasteiger partial charge in [0, 0.05) is 24.9 Å². The van der Waals surface area contributed by atoms with Crippen molar-refractivity contribution in [3.8, 4) is 0 Å². The molecule has 4 nitrogen and oxygen atoms in total. The molecule has 2 fully saturated rings. The maximum absolute atomic E-state index is 12.6. The predicted molar refractivity (Wildman–Crippen MR) is 83.5 cm³/mol. The van der Waals surface area contributed by atoms with Gasteiger partial charge in [0.25, 0.3) is 0 Å². The summed E-state index contributed by atoms with van der Waals surface area (Å²) in [6.07, 6.45) is 3.34. The molecule has 1 N–H and O–H groups in total. The number of nitrogens with zero attached hydrogens (tertiary/aromatic N) is 1. The lowest BCUT2D eigenvalue weighted by molar-refractivity contribution is -0.119. The van der Waals surface area contributed by atoms with E-state index in [1.807, 2.05) is 17.0 Å². The van der Waals surface area contributed by atoms with Gasteiger partial charge >= 0.3 is 0 Å². The molecule has 114 valence electrons. The third-order valence-electron chi connectivity index (χ3n) is 4.54. The lowest BCUT2D eigenvalue weighted by Crippen LogP contribution is -2.47. The number of amides is 1. The van der Waals surface area contributed by atoms with E-state index in [0.717, 1.165) is 38.1 Å². The molecule has 1 aromatic carbocycles. The van der Waals surface area contributed by atoms with Crippen molar-refractivity contribution in [3.05, 3.63) is 29.8 Å². The highest BCUT2D eigenvalue weighted by Gasteiger charge is 2.35. The smallest absolute Gasteiger partial charge is 0.244 e. The molecule has 0 bridgehead atoms. The van der Waals surface area contributed by atoms with Gasteiger partial charge in [-0.1, -0.05) is 17.7 Å². The maximum atomic E-state index is 12.6. The minimum atomic E-state index is -0.0782. The number of rotatable bonds is 4. The van der Waals surface area contributed by atoms with E-state index in [2.05, 4.69) is 31.3 Å². The second-order valence-electron chi connectivity index (χ2n) is 6.17. The van der Waals surface area contributed by atoms with Crippen LogP contribution in [0.25, 0.3) is 0 Å². The number of anilines is 1. The van der Waals surface area contributed by atoms with Crippen LogP contribution in [-0.2, 0) is 9.53 Å². The fourth-order valence-electron chi connectivity index (χ4n) is 3.24. The molecule has 2 heterocycles. The van der Waals surface area contributed by atoms with Crippen molar-refractivity contribution in [3.63, 3.8) is 0 Å². The van der Waals surface area contributed by atoms with Crippen molar-refractivity contribution >= 4 is 11.6 Å². The Balaban J connectivity index is 1.61. The average Bonchev–Trinajstić information content (AvgIpc) is 3.11. The number of aryl methyl sites for hydroxylation is 1. The predicted octanol–water partition coefficient (Wildman–Crippen LogP) is 2.26. The standard InChI is InChI=1S/C17H24N2O2/c1-12-5-7-14(8-6-12)19-10-9-15(17(19)20)18-13(2)16-4-3-11-21-16/h5-8,13,15-16,18H,3-4,9-11H2,1-2H3/t13-,15+,16-/m1/s1. The Morgan fingerprint density at radius 3 is 2.71 bits per heavy atom. The van der Waals surface area contributed by atoms with Crippen LogP contribution in [0.4, 0.5) is 5.69 Å². The lowest BCUT2D eigenvalue weighted by Gasteiger charge is -2.24. The molecule has 1 aromatic rings. The average molecular weight is 288 g/mol. The molecule has 0 aromatic heterocycles. The molecule has 0 unspecified atom stereocenters. The van der Waals surface area contributed by atoms with Crippen LogP contribution in [0, 0.1) is 6.92 Å². The molecule has 3 atom stereocenters. The van der Waals surface area contributed by atoms with Crippen LogP contribution in [-0.4, -0.2) is 37.2 Å². The van der Waals surface area contributed by atoms with Gasteiger partial charge in [-0.3, -0.25) is 4.79 Å². The molecule has 4 heteroatoms. The third kappa shape index (κ3) is 3.11. The first-order valence-electron chi connectivity index (χ1n) is 7.91. The Morgan fingerprint density at radius 1 is 1.29 bits per heavy atom. The Bertz CT molecular complexity index is 494. The Kier molecular flexibility index (Phi) is 4.27. The first kappa shape index (κ1) is 14.5. The first-order chi connectivity index (χ1) is 10.1. The summed E-state index contributed by atoms with van der Waals surface area (Å²) in [6, 6.07) is 8.32. The van der Waals surface area contributed by atoms with Gasteiger partial charge in [0.05, 0.1) is 12.1 Å². The van der Waals surface area contributed by atoms with Gasteiger partial charge in [0.1, 0.15) is 0 Å². The summed E-state index contributed by atoms with van der Waals surface area (Å²) < 4.78 is 5.70. The zero-order valence-corrected chi connectivity index (χ0v) is 12.8. The van der Waals surface area contributed by atoms with Crippen LogP contribution < -0.4 is 10.2 Å². The Morgan fingerprint density at radius 2 is 2.05 bits per heavy atom. The number of hydrogen-bond acceptors (Lipinski definition) is 3. The zero-order chi connectivity index (χ0) is 14.8. The number of ether oxygens (including phenoxy) is 1. The van der Waals surface area contributed by atoms with Crippen molar-refractivity contribution in [1.82, 2.24) is 5.32 Å². The summed E-state index contributed by atoms with van der Waals surface area (Å²) in [6.45, 7) is 5.82. The molecule has 3 rings (SSSR count). The van der Waals surface area contributed by atoms with E-state index >= 15 is 0 Å². The van der Waals surface area contributed by atoms with Crippen LogP contribution in [0.15, 0.2) is 24.3 Å². The maximum Gasteiger partial charge on any atom is 0.244 e. The Labute approximate surface area is 126 Å². The van der Waals surface area contributed by atoms with Crippen molar-refractivity contribution in [2.24, 2.45) is 0 Å². The lowest BCUT2D eigenvalue weighted by atomic mass is 10.1. The minimum Gasteiger partial charge on any atom is -0.377 e. The van der Waals surface area contributed by atoms with Gasteiger partial charge in [0.15, 0.2) is 0 Å². The topological polar surface area (TPSA) is 41.6 Å². The first-order valence-corrected chi connectivity index (χ1v) is 7.91. The zero-order valence-electron chi connectivity index (χ0n) is 12.8. The highest BCUT2D eigenvalue weighted by atomic mass is 16.5. The van der Waals surface area contributed by atoms with Crippen molar-refractivity contribution < 1.29 is 9.53 Å². The molecule has 2 aliphatic rings. The van der Waals surface area contributed by atoms with E-state index in [1.165, 1.54) is 5.56 Å². The molecule has 1 amide bonds. The van der Waals surface area contributed by atoms with Gasteiger partial charge in [-0.25, -0.2) is 0 Å². The van der Waals surface area contributed by atoms with Crippen LogP contribution in [0.5, 0.6) is 0 Å². The number of carbonyl (C=O) groups is 1. The number of nitrogens with one attached hydrogen (secondary N) is 1. The summed E-state index contributed by atoms with van der Waals surface area (Å²) in [7, 11) is 0. The normalized spacial score (nSPS) is 27.3.